The second kappa shape index (κ2) is 4.36. The molecule has 0 aromatic rings. The lowest BCUT2D eigenvalue weighted by Crippen LogP contribution is -2.62. The van der Waals surface area contributed by atoms with Crippen LogP contribution in [-0.2, 0) is 0 Å². The number of primary amides is 2. The molecule has 8 heteroatoms. The number of urea groups is 2. The number of carbonyl (C=O) groups is 2. The number of hydrogen-bond acceptors (Lipinski definition) is 4. The second-order valence-electron chi connectivity index (χ2n) is 2.07. The number of rotatable bonds is 3. The molecule has 0 aliphatic carbocycles. The summed E-state index contributed by atoms with van der Waals surface area (Å²) in [5, 5.41) is 4.14. The van der Waals surface area contributed by atoms with Gasteiger partial charge in [0.1, 0.15) is 12.3 Å². The Labute approximate surface area is 68.6 Å². The normalized spacial score (nSPS) is 14.5. The zero-order valence-corrected chi connectivity index (χ0v) is 6.28. The van der Waals surface area contributed by atoms with Crippen molar-refractivity contribution in [2.45, 2.75) is 12.3 Å². The Balaban J connectivity index is 3.83. The molecule has 10 N–H and O–H groups in total. The van der Waals surface area contributed by atoms with Crippen LogP contribution in [0.3, 0.4) is 0 Å². The lowest BCUT2D eigenvalue weighted by molar-refractivity contribution is 0.233. The maximum absolute atomic E-state index is 10.2. The molecular weight excluding hydrogens is 164 g/mol. The van der Waals surface area contributed by atoms with Gasteiger partial charge < -0.3 is 33.6 Å². The number of nitrogens with two attached hydrogens (primary N) is 4. The van der Waals surface area contributed by atoms with Crippen LogP contribution in [0.15, 0.2) is 0 Å². The Morgan fingerprint density at radius 3 is 1.33 bits per heavy atom. The van der Waals surface area contributed by atoms with E-state index in [1.54, 1.807) is 0 Å². The number of nitrogens with one attached hydrogen (secondary N) is 2. The largest absolute Gasteiger partial charge is 0.352 e. The predicted octanol–water partition coefficient (Wildman–Crippen LogP) is -3.11. The van der Waals surface area contributed by atoms with Crippen LogP contribution in [0.5, 0.6) is 0 Å². The molecule has 0 aliphatic rings. The van der Waals surface area contributed by atoms with Gasteiger partial charge in [-0.1, -0.05) is 0 Å². The van der Waals surface area contributed by atoms with Gasteiger partial charge in [0.2, 0.25) is 0 Å². The van der Waals surface area contributed by atoms with E-state index in [-0.39, 0.29) is 0 Å². The molecule has 2 atom stereocenters. The molecule has 0 saturated carbocycles. The molecule has 0 rings (SSSR count). The van der Waals surface area contributed by atoms with Crippen LogP contribution in [0.4, 0.5) is 9.59 Å². The molecule has 0 saturated heterocycles. The Morgan fingerprint density at radius 1 is 0.917 bits per heavy atom. The van der Waals surface area contributed by atoms with Crippen molar-refractivity contribution in [1.29, 1.82) is 0 Å². The molecule has 0 bridgehead atoms. The highest BCUT2D eigenvalue weighted by Gasteiger charge is 2.14. The quantitative estimate of drug-likeness (QED) is 0.251. The minimum Gasteiger partial charge on any atom is -0.352 e. The van der Waals surface area contributed by atoms with Gasteiger partial charge in [-0.25, -0.2) is 9.59 Å². The standard InChI is InChI=1S/C4H12N6O2/c5-1(9-3(7)11)2(6)10-4(8)12/h1-2H,5-6H2,(H3,7,9,11)(H3,8,10,12). The van der Waals surface area contributed by atoms with Crippen molar-refractivity contribution >= 4 is 12.1 Å². The molecular formula is C4H12N6O2. The van der Waals surface area contributed by atoms with Gasteiger partial charge in [-0.2, -0.15) is 0 Å². The van der Waals surface area contributed by atoms with Crippen molar-refractivity contribution in [3.05, 3.63) is 0 Å². The lowest BCUT2D eigenvalue weighted by Gasteiger charge is -2.19. The van der Waals surface area contributed by atoms with Crippen LogP contribution in [0, 0.1) is 0 Å². The van der Waals surface area contributed by atoms with Crippen LogP contribution >= 0.6 is 0 Å². The van der Waals surface area contributed by atoms with Crippen molar-refractivity contribution in [3.63, 3.8) is 0 Å². The van der Waals surface area contributed by atoms with Gasteiger partial charge in [0.25, 0.3) is 0 Å². The summed E-state index contributed by atoms with van der Waals surface area (Å²) in [6.45, 7) is 0. The van der Waals surface area contributed by atoms with Gasteiger partial charge in [-0.3, -0.25) is 0 Å². The van der Waals surface area contributed by atoms with E-state index >= 15 is 0 Å². The summed E-state index contributed by atoms with van der Waals surface area (Å²) in [6.07, 6.45) is -1.93. The van der Waals surface area contributed by atoms with Gasteiger partial charge in [-0.15, -0.1) is 0 Å². The first kappa shape index (κ1) is 10.5. The predicted molar refractivity (Wildman–Crippen MR) is 41.4 cm³/mol. The fourth-order valence-corrected chi connectivity index (χ4v) is 0.508. The smallest absolute Gasteiger partial charge is 0.313 e. The Kier molecular flexibility index (Phi) is 3.80. The van der Waals surface area contributed by atoms with Crippen LogP contribution in [0.2, 0.25) is 0 Å². The molecule has 0 radical (unpaired) electrons. The Morgan fingerprint density at radius 2 is 1.17 bits per heavy atom. The lowest BCUT2D eigenvalue weighted by atomic mass is 10.4. The second-order valence-corrected chi connectivity index (χ2v) is 2.07. The number of amides is 4. The molecule has 0 heterocycles. The van der Waals surface area contributed by atoms with Crippen molar-refractivity contribution < 1.29 is 9.59 Å². The van der Waals surface area contributed by atoms with Crippen LogP contribution in [0.25, 0.3) is 0 Å². The summed E-state index contributed by atoms with van der Waals surface area (Å²) in [5.74, 6) is 0. The number of carbonyl (C=O) groups excluding carboxylic acids is 2. The third-order valence-corrected chi connectivity index (χ3v) is 1.00. The maximum Gasteiger partial charge on any atom is 0.313 e. The van der Waals surface area contributed by atoms with E-state index < -0.39 is 24.4 Å². The van der Waals surface area contributed by atoms with Crippen molar-refractivity contribution in [3.8, 4) is 0 Å². The zero-order chi connectivity index (χ0) is 9.72. The van der Waals surface area contributed by atoms with Gasteiger partial charge in [-0.05, 0) is 0 Å². The van der Waals surface area contributed by atoms with Crippen LogP contribution in [0.1, 0.15) is 0 Å². The molecule has 70 valence electrons. The minimum atomic E-state index is -0.963. The molecule has 12 heavy (non-hydrogen) atoms. The van der Waals surface area contributed by atoms with E-state index in [0.717, 1.165) is 0 Å². The first-order valence-corrected chi connectivity index (χ1v) is 3.06. The summed E-state index contributed by atoms with van der Waals surface area (Å²) in [5.41, 5.74) is 20.0. The molecule has 8 nitrogen and oxygen atoms in total. The van der Waals surface area contributed by atoms with E-state index in [2.05, 4.69) is 10.6 Å². The van der Waals surface area contributed by atoms with Crippen molar-refractivity contribution in [2.75, 3.05) is 0 Å². The highest BCUT2D eigenvalue weighted by molar-refractivity contribution is 5.73. The molecule has 0 aliphatic heterocycles. The summed E-state index contributed by atoms with van der Waals surface area (Å²) < 4.78 is 0. The maximum atomic E-state index is 10.2. The van der Waals surface area contributed by atoms with E-state index in [9.17, 15) is 9.59 Å². The third kappa shape index (κ3) is 4.30. The molecule has 0 spiro atoms. The van der Waals surface area contributed by atoms with Crippen LogP contribution < -0.4 is 33.6 Å². The van der Waals surface area contributed by atoms with Crippen molar-refractivity contribution in [1.82, 2.24) is 10.6 Å². The van der Waals surface area contributed by atoms with Gasteiger partial charge in [0.05, 0.1) is 0 Å². The van der Waals surface area contributed by atoms with Crippen LogP contribution in [-0.4, -0.2) is 24.4 Å². The van der Waals surface area contributed by atoms with Gasteiger partial charge in [0.15, 0.2) is 0 Å². The first-order valence-electron chi connectivity index (χ1n) is 3.06. The van der Waals surface area contributed by atoms with Crippen molar-refractivity contribution in [2.24, 2.45) is 22.9 Å². The summed E-state index contributed by atoms with van der Waals surface area (Å²) in [7, 11) is 0. The fourth-order valence-electron chi connectivity index (χ4n) is 0.508. The molecule has 4 amide bonds. The molecule has 0 aromatic heterocycles. The summed E-state index contributed by atoms with van der Waals surface area (Å²) >= 11 is 0. The highest BCUT2D eigenvalue weighted by atomic mass is 16.2. The van der Waals surface area contributed by atoms with E-state index in [4.69, 9.17) is 22.9 Å². The third-order valence-electron chi connectivity index (χ3n) is 1.00. The van der Waals surface area contributed by atoms with Gasteiger partial charge in [0, 0.05) is 0 Å². The monoisotopic (exact) mass is 176 g/mol. The molecule has 2 unspecified atom stereocenters. The Hall–Kier alpha value is -1.54. The molecule has 0 aromatic carbocycles. The summed E-state index contributed by atoms with van der Waals surface area (Å²) in [6, 6.07) is -1.66. The Bertz CT molecular complexity index is 162. The molecule has 0 fully saturated rings. The zero-order valence-electron chi connectivity index (χ0n) is 6.28. The topological polar surface area (TPSA) is 162 Å². The minimum absolute atomic E-state index is 0.829. The highest BCUT2D eigenvalue weighted by Crippen LogP contribution is 1.76. The van der Waals surface area contributed by atoms with Gasteiger partial charge >= 0.3 is 12.1 Å². The first-order chi connectivity index (χ1) is 5.43. The number of hydrogen-bond donors (Lipinski definition) is 6. The SMILES string of the molecule is NC(=O)NC(N)C(N)NC(N)=O. The van der Waals surface area contributed by atoms with E-state index in [1.807, 2.05) is 0 Å². The fraction of sp³-hybridized carbons (Fsp3) is 0.500. The summed E-state index contributed by atoms with van der Waals surface area (Å²) in [4.78, 5) is 20.5. The van der Waals surface area contributed by atoms with E-state index in [0.29, 0.717) is 0 Å². The average Bonchev–Trinajstić information content (AvgIpc) is 1.84. The average molecular weight is 176 g/mol. The van der Waals surface area contributed by atoms with E-state index in [1.165, 1.54) is 0 Å².